The van der Waals surface area contributed by atoms with Gasteiger partial charge >= 0.3 is 5.97 Å². The third-order valence-electron chi connectivity index (χ3n) is 3.65. The Balaban J connectivity index is 1.91. The second-order valence-corrected chi connectivity index (χ2v) is 5.15. The highest BCUT2D eigenvalue weighted by Gasteiger charge is 2.49. The highest BCUT2D eigenvalue weighted by atomic mass is 16.4. The molecule has 1 aromatic rings. The van der Waals surface area contributed by atoms with Crippen molar-refractivity contribution in [1.82, 2.24) is 4.90 Å². The second kappa shape index (κ2) is 5.43. The van der Waals surface area contributed by atoms with Crippen LogP contribution in [0.25, 0.3) is 0 Å². The molecule has 2 rings (SSSR count). The van der Waals surface area contributed by atoms with Crippen molar-refractivity contribution in [2.24, 2.45) is 11.8 Å². The van der Waals surface area contributed by atoms with Gasteiger partial charge in [0, 0.05) is 13.6 Å². The summed E-state index contributed by atoms with van der Waals surface area (Å²) in [5.74, 6) is -1.72. The molecule has 1 aliphatic carbocycles. The maximum absolute atomic E-state index is 12.0. The molecule has 0 saturated heterocycles. The predicted octanol–water partition coefficient (Wildman–Crippen LogP) is 1.93. The fourth-order valence-corrected chi connectivity index (χ4v) is 2.26. The summed E-state index contributed by atoms with van der Waals surface area (Å²) in [7, 11) is 1.73. The predicted molar refractivity (Wildman–Crippen MR) is 71.5 cm³/mol. The van der Waals surface area contributed by atoms with E-state index in [4.69, 9.17) is 5.11 Å². The molecule has 19 heavy (non-hydrogen) atoms. The topological polar surface area (TPSA) is 57.6 Å². The van der Waals surface area contributed by atoms with Crippen LogP contribution in [0.2, 0.25) is 0 Å². The third kappa shape index (κ3) is 3.13. The molecule has 2 atom stereocenters. The van der Waals surface area contributed by atoms with Gasteiger partial charge in [0.25, 0.3) is 0 Å². The molecule has 1 amide bonds. The fraction of sp³-hybridized carbons (Fsp3) is 0.467. The summed E-state index contributed by atoms with van der Waals surface area (Å²) in [6.07, 6.45) is 1.48. The van der Waals surface area contributed by atoms with Crippen molar-refractivity contribution in [1.29, 1.82) is 0 Å². The summed E-state index contributed by atoms with van der Waals surface area (Å²) in [5, 5.41) is 8.83. The molecule has 2 unspecified atom stereocenters. The molecule has 4 heteroatoms. The molecule has 1 aliphatic rings. The van der Waals surface area contributed by atoms with Crippen LogP contribution in [-0.4, -0.2) is 28.9 Å². The Labute approximate surface area is 113 Å². The van der Waals surface area contributed by atoms with Crippen LogP contribution in [0.3, 0.4) is 0 Å². The Morgan fingerprint density at radius 1 is 1.21 bits per heavy atom. The van der Waals surface area contributed by atoms with Gasteiger partial charge in [0.05, 0.1) is 11.8 Å². The maximum Gasteiger partial charge on any atom is 0.307 e. The van der Waals surface area contributed by atoms with Gasteiger partial charge in [-0.2, -0.15) is 0 Å². The van der Waals surface area contributed by atoms with Crippen molar-refractivity contribution in [3.8, 4) is 0 Å². The first-order valence-corrected chi connectivity index (χ1v) is 6.58. The third-order valence-corrected chi connectivity index (χ3v) is 3.65. The van der Waals surface area contributed by atoms with Gasteiger partial charge in [-0.05, 0) is 24.0 Å². The standard InChI is InChI=1S/C15H19NO3/c1-3-10-4-6-11(7-5-10)9-16(2)14(17)12-8-13(12)15(18)19/h4-7,12-13H,3,8-9H2,1-2H3,(H,18,19). The Morgan fingerprint density at radius 2 is 1.79 bits per heavy atom. The summed E-state index contributed by atoms with van der Waals surface area (Å²) in [5.41, 5.74) is 2.34. The van der Waals surface area contributed by atoms with E-state index in [1.165, 1.54) is 5.56 Å². The van der Waals surface area contributed by atoms with E-state index in [-0.39, 0.29) is 11.8 Å². The van der Waals surface area contributed by atoms with Crippen molar-refractivity contribution < 1.29 is 14.7 Å². The van der Waals surface area contributed by atoms with Gasteiger partial charge in [-0.15, -0.1) is 0 Å². The molecule has 1 aromatic carbocycles. The summed E-state index contributed by atoms with van der Waals surface area (Å²) >= 11 is 0. The number of rotatable bonds is 5. The molecule has 0 spiro atoms. The average Bonchev–Trinajstić information content (AvgIpc) is 3.19. The molecular formula is C15H19NO3. The quantitative estimate of drug-likeness (QED) is 0.881. The van der Waals surface area contributed by atoms with Gasteiger partial charge in [0.15, 0.2) is 0 Å². The van der Waals surface area contributed by atoms with E-state index in [0.29, 0.717) is 13.0 Å². The molecule has 0 bridgehead atoms. The van der Waals surface area contributed by atoms with Crippen LogP contribution in [0.1, 0.15) is 24.5 Å². The molecular weight excluding hydrogens is 242 g/mol. The minimum Gasteiger partial charge on any atom is -0.481 e. The molecule has 0 heterocycles. The lowest BCUT2D eigenvalue weighted by molar-refractivity contribution is -0.141. The number of carbonyl (C=O) groups excluding carboxylic acids is 1. The lowest BCUT2D eigenvalue weighted by Gasteiger charge is -2.17. The van der Waals surface area contributed by atoms with E-state index in [0.717, 1.165) is 12.0 Å². The highest BCUT2D eigenvalue weighted by molar-refractivity contribution is 5.89. The smallest absolute Gasteiger partial charge is 0.307 e. The van der Waals surface area contributed by atoms with E-state index in [1.54, 1.807) is 11.9 Å². The molecule has 0 aromatic heterocycles. The zero-order valence-corrected chi connectivity index (χ0v) is 11.3. The largest absolute Gasteiger partial charge is 0.481 e. The summed E-state index contributed by atoms with van der Waals surface area (Å²) in [4.78, 5) is 24.4. The number of carboxylic acid groups (broad SMARTS) is 1. The molecule has 0 radical (unpaired) electrons. The number of hydrogen-bond acceptors (Lipinski definition) is 2. The van der Waals surface area contributed by atoms with Gasteiger partial charge < -0.3 is 10.0 Å². The fourth-order valence-electron chi connectivity index (χ4n) is 2.26. The van der Waals surface area contributed by atoms with E-state index in [2.05, 4.69) is 19.1 Å². The van der Waals surface area contributed by atoms with Gasteiger partial charge in [0.1, 0.15) is 0 Å². The number of benzene rings is 1. The first kappa shape index (κ1) is 13.6. The van der Waals surface area contributed by atoms with Crippen molar-refractivity contribution in [2.75, 3.05) is 7.05 Å². The van der Waals surface area contributed by atoms with Crippen LogP contribution in [0.15, 0.2) is 24.3 Å². The average molecular weight is 261 g/mol. The summed E-state index contributed by atoms with van der Waals surface area (Å²) in [6.45, 7) is 2.63. The van der Waals surface area contributed by atoms with Crippen LogP contribution in [-0.2, 0) is 22.6 Å². The Bertz CT molecular complexity index is 481. The minimum atomic E-state index is -0.862. The van der Waals surface area contributed by atoms with Gasteiger partial charge in [0.2, 0.25) is 5.91 Å². The first-order chi connectivity index (χ1) is 9.02. The molecule has 4 nitrogen and oxygen atoms in total. The Morgan fingerprint density at radius 3 is 2.26 bits per heavy atom. The normalized spacial score (nSPS) is 20.9. The van der Waals surface area contributed by atoms with Crippen LogP contribution >= 0.6 is 0 Å². The number of nitrogens with zero attached hydrogens (tertiary/aromatic N) is 1. The number of carboxylic acids is 1. The lowest BCUT2D eigenvalue weighted by atomic mass is 10.1. The zero-order chi connectivity index (χ0) is 14.0. The number of aliphatic carboxylic acids is 1. The molecule has 1 N–H and O–H groups in total. The van der Waals surface area contributed by atoms with E-state index in [9.17, 15) is 9.59 Å². The van der Waals surface area contributed by atoms with Crippen LogP contribution in [0.5, 0.6) is 0 Å². The summed E-state index contributed by atoms with van der Waals surface area (Å²) < 4.78 is 0. The van der Waals surface area contributed by atoms with Gasteiger partial charge in [-0.3, -0.25) is 9.59 Å². The maximum atomic E-state index is 12.0. The van der Waals surface area contributed by atoms with Crippen LogP contribution in [0, 0.1) is 11.8 Å². The lowest BCUT2D eigenvalue weighted by Crippen LogP contribution is -2.28. The number of hydrogen-bond donors (Lipinski definition) is 1. The minimum absolute atomic E-state index is 0.0630. The van der Waals surface area contributed by atoms with Crippen LogP contribution in [0.4, 0.5) is 0 Å². The van der Waals surface area contributed by atoms with E-state index >= 15 is 0 Å². The van der Waals surface area contributed by atoms with Crippen LogP contribution < -0.4 is 0 Å². The SMILES string of the molecule is CCc1ccc(CN(C)C(=O)C2CC2C(=O)O)cc1. The summed E-state index contributed by atoms with van der Waals surface area (Å²) in [6, 6.07) is 8.16. The highest BCUT2D eigenvalue weighted by Crippen LogP contribution is 2.40. The number of carbonyl (C=O) groups is 2. The number of aryl methyl sites for hydroxylation is 1. The van der Waals surface area contributed by atoms with Crippen molar-refractivity contribution in [3.63, 3.8) is 0 Å². The molecule has 1 saturated carbocycles. The molecule has 1 fully saturated rings. The second-order valence-electron chi connectivity index (χ2n) is 5.15. The van der Waals surface area contributed by atoms with Gasteiger partial charge in [-0.25, -0.2) is 0 Å². The molecule has 0 aliphatic heterocycles. The van der Waals surface area contributed by atoms with Crippen molar-refractivity contribution >= 4 is 11.9 Å². The van der Waals surface area contributed by atoms with E-state index < -0.39 is 11.9 Å². The zero-order valence-electron chi connectivity index (χ0n) is 11.3. The monoisotopic (exact) mass is 261 g/mol. The van der Waals surface area contributed by atoms with Crippen molar-refractivity contribution in [2.45, 2.75) is 26.3 Å². The Kier molecular flexibility index (Phi) is 3.88. The molecule has 102 valence electrons. The Hall–Kier alpha value is -1.84. The van der Waals surface area contributed by atoms with E-state index in [1.807, 2.05) is 12.1 Å². The van der Waals surface area contributed by atoms with Gasteiger partial charge in [-0.1, -0.05) is 31.2 Å². The van der Waals surface area contributed by atoms with Crippen molar-refractivity contribution in [3.05, 3.63) is 35.4 Å². The number of amides is 1. The first-order valence-electron chi connectivity index (χ1n) is 6.58.